The molecule has 1 saturated heterocycles. The van der Waals surface area contributed by atoms with E-state index >= 15 is 0 Å². The van der Waals surface area contributed by atoms with E-state index < -0.39 is 0 Å². The van der Waals surface area contributed by atoms with E-state index in [2.05, 4.69) is 15.5 Å². The molecule has 0 atom stereocenters. The van der Waals surface area contributed by atoms with Crippen LogP contribution in [0.1, 0.15) is 23.1 Å². The minimum atomic E-state index is -0.332. The van der Waals surface area contributed by atoms with E-state index in [0.29, 0.717) is 28.9 Å². The van der Waals surface area contributed by atoms with E-state index in [1.807, 2.05) is 12.3 Å². The van der Waals surface area contributed by atoms with E-state index in [4.69, 9.17) is 0 Å². The van der Waals surface area contributed by atoms with Crippen molar-refractivity contribution in [1.82, 2.24) is 19.7 Å². The first kappa shape index (κ1) is 14.1. The first-order valence-electron chi connectivity index (χ1n) is 6.35. The first-order valence-corrected chi connectivity index (χ1v) is 8.21. The molecule has 1 fully saturated rings. The van der Waals surface area contributed by atoms with Crippen molar-refractivity contribution in [2.24, 2.45) is 5.10 Å². The van der Waals surface area contributed by atoms with E-state index in [9.17, 15) is 9.59 Å². The van der Waals surface area contributed by atoms with Crippen molar-refractivity contribution in [2.45, 2.75) is 13.8 Å². The van der Waals surface area contributed by atoms with Gasteiger partial charge in [-0.1, -0.05) is 11.8 Å². The zero-order valence-corrected chi connectivity index (χ0v) is 13.1. The number of amidine groups is 1. The maximum Gasteiger partial charge on any atom is 0.290 e. The highest BCUT2D eigenvalue weighted by atomic mass is 32.2. The summed E-state index contributed by atoms with van der Waals surface area (Å²) in [7, 11) is 0. The number of carbonyl (C=O) groups is 2. The van der Waals surface area contributed by atoms with Gasteiger partial charge in [0, 0.05) is 18.1 Å². The van der Waals surface area contributed by atoms with Gasteiger partial charge in [0.25, 0.3) is 5.91 Å². The summed E-state index contributed by atoms with van der Waals surface area (Å²) < 4.78 is 1.74. The molecule has 7 nitrogen and oxygen atoms in total. The van der Waals surface area contributed by atoms with Crippen LogP contribution in [0.3, 0.4) is 0 Å². The Bertz CT molecular complexity index is 748. The third-order valence-corrected chi connectivity index (χ3v) is 4.80. The van der Waals surface area contributed by atoms with Gasteiger partial charge in [0.2, 0.25) is 5.91 Å². The fourth-order valence-corrected chi connectivity index (χ4v) is 3.78. The van der Waals surface area contributed by atoms with Gasteiger partial charge in [0.1, 0.15) is 5.69 Å². The largest absolute Gasteiger partial charge is 0.290 e. The van der Waals surface area contributed by atoms with E-state index in [0.717, 1.165) is 4.96 Å². The Balaban J connectivity index is 1.82. The number of aromatic nitrogens is 2. The lowest BCUT2D eigenvalue weighted by atomic mass is 10.3. The number of thioether (sulfide) groups is 1. The van der Waals surface area contributed by atoms with Crippen LogP contribution in [0.15, 0.2) is 16.7 Å². The third kappa shape index (κ3) is 2.42. The van der Waals surface area contributed by atoms with Crippen LogP contribution in [0.5, 0.6) is 0 Å². The standard InChI is InChI=1S/C12H13N5O2S2/c1-3-16-8(18)6-21-12(16)15-14-10(19)9-7(2)13-11-17(9)4-5-20-11/h4-5H,3,6H2,1-2H3,(H,14,19)/b15-12+. The van der Waals surface area contributed by atoms with Crippen LogP contribution in [0, 0.1) is 6.92 Å². The van der Waals surface area contributed by atoms with Gasteiger partial charge >= 0.3 is 0 Å². The van der Waals surface area contributed by atoms with Gasteiger partial charge in [-0.3, -0.25) is 18.9 Å². The second-order valence-corrected chi connectivity index (χ2v) is 6.18. The molecule has 9 heteroatoms. The molecule has 1 aliphatic rings. The zero-order chi connectivity index (χ0) is 15.0. The molecule has 0 aliphatic carbocycles. The lowest BCUT2D eigenvalue weighted by molar-refractivity contribution is -0.123. The molecule has 1 aliphatic heterocycles. The van der Waals surface area contributed by atoms with E-state index in [-0.39, 0.29) is 11.8 Å². The van der Waals surface area contributed by atoms with Crippen molar-refractivity contribution in [1.29, 1.82) is 0 Å². The summed E-state index contributed by atoms with van der Waals surface area (Å²) in [5.41, 5.74) is 3.63. The number of nitrogens with one attached hydrogen (secondary N) is 1. The number of imidazole rings is 1. The van der Waals surface area contributed by atoms with Crippen molar-refractivity contribution < 1.29 is 9.59 Å². The Morgan fingerprint density at radius 1 is 1.57 bits per heavy atom. The Labute approximate surface area is 129 Å². The van der Waals surface area contributed by atoms with Crippen molar-refractivity contribution in [3.63, 3.8) is 0 Å². The summed E-state index contributed by atoms with van der Waals surface area (Å²) in [6.45, 7) is 4.20. The lowest BCUT2D eigenvalue weighted by Gasteiger charge is -2.12. The molecule has 0 bridgehead atoms. The van der Waals surface area contributed by atoms with Crippen molar-refractivity contribution in [3.05, 3.63) is 23.0 Å². The molecule has 1 N–H and O–H groups in total. The topological polar surface area (TPSA) is 79.1 Å². The van der Waals surface area contributed by atoms with Gasteiger partial charge in [0.15, 0.2) is 10.1 Å². The number of rotatable bonds is 3. The molecule has 110 valence electrons. The van der Waals surface area contributed by atoms with Crippen LogP contribution in [0.4, 0.5) is 0 Å². The number of carbonyl (C=O) groups excluding carboxylic acids is 2. The number of nitrogens with zero attached hydrogens (tertiary/aromatic N) is 4. The van der Waals surface area contributed by atoms with Crippen LogP contribution in [0.25, 0.3) is 4.96 Å². The predicted molar refractivity (Wildman–Crippen MR) is 82.6 cm³/mol. The smallest absolute Gasteiger partial charge is 0.289 e. The van der Waals surface area contributed by atoms with Crippen LogP contribution >= 0.6 is 23.1 Å². The second-order valence-electron chi connectivity index (χ2n) is 4.36. The molecule has 0 saturated carbocycles. The highest BCUT2D eigenvalue weighted by molar-refractivity contribution is 8.15. The van der Waals surface area contributed by atoms with Gasteiger partial charge < -0.3 is 0 Å². The molecule has 2 aromatic rings. The maximum absolute atomic E-state index is 12.3. The molecule has 2 aromatic heterocycles. The molecule has 3 heterocycles. The predicted octanol–water partition coefficient (Wildman–Crippen LogP) is 1.30. The normalized spacial score (nSPS) is 17.1. The molecule has 0 unspecified atom stereocenters. The Kier molecular flexibility index (Phi) is 3.68. The molecule has 2 amide bonds. The summed E-state index contributed by atoms with van der Waals surface area (Å²) in [4.78, 5) is 30.5. The highest BCUT2D eigenvalue weighted by Crippen LogP contribution is 2.19. The quantitative estimate of drug-likeness (QED) is 0.864. The van der Waals surface area contributed by atoms with Crippen LogP contribution in [0.2, 0.25) is 0 Å². The number of aryl methyl sites for hydroxylation is 1. The minimum Gasteiger partial charge on any atom is -0.289 e. The molecular weight excluding hydrogens is 310 g/mol. The summed E-state index contributed by atoms with van der Waals surface area (Å²) >= 11 is 2.79. The Hall–Kier alpha value is -1.87. The maximum atomic E-state index is 12.3. The van der Waals surface area contributed by atoms with Crippen LogP contribution in [-0.4, -0.2) is 43.6 Å². The summed E-state index contributed by atoms with van der Waals surface area (Å²) in [5, 5.41) is 6.46. The van der Waals surface area contributed by atoms with Gasteiger partial charge in [-0.2, -0.15) is 0 Å². The van der Waals surface area contributed by atoms with Crippen molar-refractivity contribution in [3.8, 4) is 0 Å². The summed E-state index contributed by atoms with van der Waals surface area (Å²) in [6.07, 6.45) is 1.80. The number of hydrazone groups is 1. The molecule has 3 rings (SSSR count). The second kappa shape index (κ2) is 5.49. The number of hydrogen-bond acceptors (Lipinski definition) is 6. The van der Waals surface area contributed by atoms with Crippen molar-refractivity contribution >= 4 is 45.0 Å². The molecular formula is C12H13N5O2S2. The van der Waals surface area contributed by atoms with Gasteiger partial charge in [0.05, 0.1) is 11.4 Å². The minimum absolute atomic E-state index is 0.0104. The lowest BCUT2D eigenvalue weighted by Crippen LogP contribution is -2.31. The fourth-order valence-electron chi connectivity index (χ4n) is 2.11. The zero-order valence-electron chi connectivity index (χ0n) is 11.5. The Morgan fingerprint density at radius 3 is 3.14 bits per heavy atom. The average molecular weight is 323 g/mol. The summed E-state index contributed by atoms with van der Waals surface area (Å²) in [5.74, 6) is 0.0430. The number of amides is 2. The first-order chi connectivity index (χ1) is 10.1. The third-order valence-electron chi connectivity index (χ3n) is 3.08. The van der Waals surface area contributed by atoms with Gasteiger partial charge in [-0.25, -0.2) is 10.4 Å². The van der Waals surface area contributed by atoms with Crippen LogP contribution < -0.4 is 5.43 Å². The molecule has 0 radical (unpaired) electrons. The van der Waals surface area contributed by atoms with Crippen LogP contribution in [-0.2, 0) is 4.79 Å². The van der Waals surface area contributed by atoms with Crippen molar-refractivity contribution in [2.75, 3.05) is 12.3 Å². The molecule has 0 spiro atoms. The average Bonchev–Trinajstić information content (AvgIpc) is 3.10. The monoisotopic (exact) mass is 323 g/mol. The number of hydrogen-bond donors (Lipinski definition) is 1. The Morgan fingerprint density at radius 2 is 2.38 bits per heavy atom. The SMILES string of the molecule is CCN1C(=O)CS/C1=N/NC(=O)c1c(C)nc2sccn12. The van der Waals surface area contributed by atoms with E-state index in [1.165, 1.54) is 23.1 Å². The number of thiazole rings is 1. The fraction of sp³-hybridized carbons (Fsp3) is 0.333. The van der Waals surface area contributed by atoms with Gasteiger partial charge in [-0.05, 0) is 13.8 Å². The number of fused-ring (bicyclic) bond motifs is 1. The molecule has 21 heavy (non-hydrogen) atoms. The highest BCUT2D eigenvalue weighted by Gasteiger charge is 2.27. The van der Waals surface area contributed by atoms with E-state index in [1.54, 1.807) is 22.4 Å². The molecule has 0 aromatic carbocycles. The van der Waals surface area contributed by atoms with Gasteiger partial charge in [-0.15, -0.1) is 16.4 Å². The summed E-state index contributed by atoms with van der Waals surface area (Å²) in [6, 6.07) is 0.